The molecule has 0 aromatic carbocycles. The molecule has 0 saturated carbocycles. The summed E-state index contributed by atoms with van der Waals surface area (Å²) in [6.07, 6.45) is 2.95. The first-order valence-corrected chi connectivity index (χ1v) is 3.45. The van der Waals surface area contributed by atoms with Crippen molar-refractivity contribution in [3.8, 4) is 6.07 Å². The lowest BCUT2D eigenvalue weighted by Gasteiger charge is -1.91. The topological polar surface area (TPSA) is 66.9 Å². The maximum Gasteiger partial charge on any atom is 0.239 e. The fourth-order valence-electron chi connectivity index (χ4n) is 0.854. The lowest BCUT2D eigenvalue weighted by molar-refractivity contribution is 1.05. The van der Waals surface area contributed by atoms with Gasteiger partial charge in [0, 0.05) is 0 Å². The van der Waals surface area contributed by atoms with Gasteiger partial charge in [-0.25, -0.2) is 4.98 Å². The first-order valence-electron chi connectivity index (χ1n) is 3.07. The molecule has 0 fully saturated rings. The van der Waals surface area contributed by atoms with E-state index in [4.69, 9.17) is 16.9 Å². The van der Waals surface area contributed by atoms with E-state index in [-0.39, 0.29) is 5.82 Å². The molecule has 12 heavy (non-hydrogen) atoms. The number of hydrogen-bond acceptors (Lipinski definition) is 4. The minimum Gasteiger partial charge on any atom is -0.270 e. The van der Waals surface area contributed by atoms with Crippen LogP contribution in [0.1, 0.15) is 5.82 Å². The van der Waals surface area contributed by atoms with Crippen LogP contribution in [0.3, 0.4) is 0 Å². The molecule has 0 spiro atoms. The van der Waals surface area contributed by atoms with E-state index in [9.17, 15) is 0 Å². The molecule has 0 atom stereocenters. The second kappa shape index (κ2) is 2.43. The molecule has 0 N–H and O–H groups in total. The molecule has 2 rings (SSSR count). The number of fused-ring (bicyclic) bond motifs is 1. The Kier molecular flexibility index (Phi) is 1.42. The van der Waals surface area contributed by atoms with Crippen molar-refractivity contribution < 1.29 is 0 Å². The number of nitrogens with zero attached hydrogens (tertiary/aromatic N) is 5. The minimum atomic E-state index is 0.203. The van der Waals surface area contributed by atoms with E-state index in [2.05, 4.69) is 15.2 Å². The van der Waals surface area contributed by atoms with E-state index >= 15 is 0 Å². The van der Waals surface area contributed by atoms with E-state index in [1.165, 1.54) is 16.8 Å². The molecule has 2 aromatic rings. The summed E-state index contributed by atoms with van der Waals surface area (Å²) in [4.78, 5) is 3.79. The molecule has 2 aromatic heterocycles. The van der Waals surface area contributed by atoms with Gasteiger partial charge in [0.1, 0.15) is 11.2 Å². The van der Waals surface area contributed by atoms with Crippen molar-refractivity contribution in [2.45, 2.75) is 0 Å². The average Bonchev–Trinajstić information content (AvgIpc) is 2.46. The lowest BCUT2D eigenvalue weighted by Crippen LogP contribution is -1.89. The summed E-state index contributed by atoms with van der Waals surface area (Å²) in [6.45, 7) is 0. The third kappa shape index (κ3) is 0.898. The molecule has 0 radical (unpaired) electrons. The van der Waals surface area contributed by atoms with Gasteiger partial charge in [-0.15, -0.1) is 10.2 Å². The first-order chi connectivity index (χ1) is 5.81. The first kappa shape index (κ1) is 7.00. The molecule has 6 heteroatoms. The van der Waals surface area contributed by atoms with Crippen LogP contribution in [-0.4, -0.2) is 19.6 Å². The Morgan fingerprint density at radius 2 is 2.33 bits per heavy atom. The molecule has 0 saturated heterocycles. The van der Waals surface area contributed by atoms with Crippen molar-refractivity contribution in [3.63, 3.8) is 0 Å². The van der Waals surface area contributed by atoms with E-state index in [0.29, 0.717) is 10.8 Å². The van der Waals surface area contributed by atoms with Gasteiger partial charge in [-0.05, 0) is 0 Å². The zero-order chi connectivity index (χ0) is 8.55. The van der Waals surface area contributed by atoms with Gasteiger partial charge in [0.15, 0.2) is 5.65 Å². The van der Waals surface area contributed by atoms with Gasteiger partial charge < -0.3 is 0 Å². The third-order valence-corrected chi connectivity index (χ3v) is 1.56. The molecule has 0 aliphatic heterocycles. The summed E-state index contributed by atoms with van der Waals surface area (Å²) in [6, 6.07) is 1.88. The Bertz CT molecular complexity index is 468. The van der Waals surface area contributed by atoms with Crippen LogP contribution < -0.4 is 0 Å². The van der Waals surface area contributed by atoms with E-state index in [0.717, 1.165) is 0 Å². The van der Waals surface area contributed by atoms with Gasteiger partial charge in [0.25, 0.3) is 0 Å². The van der Waals surface area contributed by atoms with Gasteiger partial charge in [-0.1, -0.05) is 11.6 Å². The summed E-state index contributed by atoms with van der Waals surface area (Å²) in [5, 5.41) is 16.2. The predicted molar refractivity (Wildman–Crippen MR) is 40.5 cm³/mol. The number of halogens is 1. The third-order valence-electron chi connectivity index (χ3n) is 1.36. The molecular formula is C6H2ClN5. The van der Waals surface area contributed by atoms with Crippen LogP contribution in [0.15, 0.2) is 12.4 Å². The van der Waals surface area contributed by atoms with Crippen LogP contribution in [0.2, 0.25) is 5.15 Å². The number of hydrogen-bond donors (Lipinski definition) is 0. The van der Waals surface area contributed by atoms with Crippen molar-refractivity contribution in [2.75, 3.05) is 0 Å². The Morgan fingerprint density at radius 3 is 3.08 bits per heavy atom. The van der Waals surface area contributed by atoms with Gasteiger partial charge in [-0.3, -0.25) is 4.40 Å². The summed E-state index contributed by atoms with van der Waals surface area (Å²) in [5.74, 6) is 0.203. The van der Waals surface area contributed by atoms with Crippen molar-refractivity contribution in [3.05, 3.63) is 23.4 Å². The van der Waals surface area contributed by atoms with Crippen LogP contribution in [0.4, 0.5) is 0 Å². The van der Waals surface area contributed by atoms with Gasteiger partial charge in [-0.2, -0.15) is 5.26 Å². The Labute approximate surface area is 72.2 Å². The minimum absolute atomic E-state index is 0.203. The quantitative estimate of drug-likeness (QED) is 0.596. The van der Waals surface area contributed by atoms with Crippen LogP contribution in [0.5, 0.6) is 0 Å². The van der Waals surface area contributed by atoms with Crippen molar-refractivity contribution in [2.24, 2.45) is 0 Å². The summed E-state index contributed by atoms with van der Waals surface area (Å²) in [5.41, 5.74) is 0.510. The molecular weight excluding hydrogens is 178 g/mol. The van der Waals surface area contributed by atoms with Crippen molar-refractivity contribution in [1.29, 1.82) is 5.26 Å². The normalized spacial score (nSPS) is 10.0. The average molecular weight is 180 g/mol. The molecule has 0 unspecified atom stereocenters. The van der Waals surface area contributed by atoms with E-state index in [1.54, 1.807) is 0 Å². The molecule has 58 valence electrons. The van der Waals surface area contributed by atoms with Crippen LogP contribution in [0, 0.1) is 11.3 Å². The highest BCUT2D eigenvalue weighted by molar-refractivity contribution is 6.29. The van der Waals surface area contributed by atoms with E-state index < -0.39 is 0 Å². The second-order valence-electron chi connectivity index (χ2n) is 2.07. The predicted octanol–water partition coefficient (Wildman–Crippen LogP) is 0.649. The lowest BCUT2D eigenvalue weighted by atomic mass is 10.6. The summed E-state index contributed by atoms with van der Waals surface area (Å²) < 4.78 is 1.48. The van der Waals surface area contributed by atoms with Crippen LogP contribution in [-0.2, 0) is 0 Å². The maximum atomic E-state index is 8.58. The monoisotopic (exact) mass is 179 g/mol. The van der Waals surface area contributed by atoms with Crippen LogP contribution in [0.25, 0.3) is 5.65 Å². The molecule has 2 heterocycles. The molecule has 5 nitrogen and oxygen atoms in total. The van der Waals surface area contributed by atoms with Gasteiger partial charge in [0.05, 0.1) is 12.4 Å². The Hall–Kier alpha value is -1.67. The second-order valence-corrected chi connectivity index (χ2v) is 2.46. The Morgan fingerprint density at radius 1 is 1.50 bits per heavy atom. The molecule has 0 aliphatic rings. The highest BCUT2D eigenvalue weighted by Crippen LogP contribution is 2.06. The number of rotatable bonds is 0. The summed E-state index contributed by atoms with van der Waals surface area (Å²) >= 11 is 5.61. The number of aromatic nitrogens is 4. The zero-order valence-electron chi connectivity index (χ0n) is 5.77. The standard InChI is InChI=1S/C6H2ClN5/c7-4-3-12-5(1-8)10-11-6(12)2-9-4/h2-3H. The smallest absolute Gasteiger partial charge is 0.239 e. The fraction of sp³-hybridized carbons (Fsp3) is 0. The van der Waals surface area contributed by atoms with Crippen LogP contribution >= 0.6 is 11.6 Å². The van der Waals surface area contributed by atoms with E-state index in [1.807, 2.05) is 6.07 Å². The largest absolute Gasteiger partial charge is 0.270 e. The SMILES string of the molecule is N#Cc1nnc2cnc(Cl)cn12. The number of nitriles is 1. The van der Waals surface area contributed by atoms with Gasteiger partial charge in [0.2, 0.25) is 5.82 Å². The molecule has 0 amide bonds. The van der Waals surface area contributed by atoms with Gasteiger partial charge >= 0.3 is 0 Å². The zero-order valence-corrected chi connectivity index (χ0v) is 6.52. The fourth-order valence-corrected chi connectivity index (χ4v) is 1.00. The summed E-state index contributed by atoms with van der Waals surface area (Å²) in [7, 11) is 0. The van der Waals surface area contributed by atoms with Crippen molar-refractivity contribution >= 4 is 17.2 Å². The van der Waals surface area contributed by atoms with Crippen molar-refractivity contribution in [1.82, 2.24) is 19.6 Å². The Balaban J connectivity index is 2.86. The highest BCUT2D eigenvalue weighted by atomic mass is 35.5. The highest BCUT2D eigenvalue weighted by Gasteiger charge is 2.03. The molecule has 0 bridgehead atoms. The maximum absolute atomic E-state index is 8.58. The molecule has 0 aliphatic carbocycles.